The molecular weight excluding hydrogens is 382 g/mol. The number of para-hydroxylation sites is 1. The molecule has 4 aromatic rings. The van der Waals surface area contributed by atoms with Gasteiger partial charge in [-0.2, -0.15) is 5.10 Å². The van der Waals surface area contributed by atoms with Crippen molar-refractivity contribution in [1.29, 1.82) is 0 Å². The van der Waals surface area contributed by atoms with Crippen molar-refractivity contribution in [2.24, 2.45) is 0 Å². The monoisotopic (exact) mass is 405 g/mol. The number of nitrogens with one attached hydrogen (secondary N) is 1. The van der Waals surface area contributed by atoms with E-state index in [1.807, 2.05) is 41.2 Å². The van der Waals surface area contributed by atoms with E-state index < -0.39 is 0 Å². The molecular formula is C22H23N5O3. The summed E-state index contributed by atoms with van der Waals surface area (Å²) in [5.41, 5.74) is 2.92. The summed E-state index contributed by atoms with van der Waals surface area (Å²) >= 11 is 0. The zero-order chi connectivity index (χ0) is 20.9. The largest absolute Gasteiger partial charge is 0.496 e. The lowest BCUT2D eigenvalue weighted by atomic mass is 10.2. The van der Waals surface area contributed by atoms with Crippen molar-refractivity contribution in [2.75, 3.05) is 26.1 Å². The van der Waals surface area contributed by atoms with E-state index in [0.29, 0.717) is 36.7 Å². The second-order valence-electron chi connectivity index (χ2n) is 6.73. The number of benzene rings is 2. The molecule has 30 heavy (non-hydrogen) atoms. The summed E-state index contributed by atoms with van der Waals surface area (Å²) in [5, 5.41) is 7.21. The van der Waals surface area contributed by atoms with Gasteiger partial charge in [0, 0.05) is 31.7 Å². The first-order chi connectivity index (χ1) is 14.7. The maximum Gasteiger partial charge on any atom is 0.259 e. The second-order valence-corrected chi connectivity index (χ2v) is 6.73. The molecule has 2 aromatic carbocycles. The highest BCUT2D eigenvalue weighted by atomic mass is 16.5. The molecule has 154 valence electrons. The number of amides is 1. The summed E-state index contributed by atoms with van der Waals surface area (Å²) < 4.78 is 14.5. The van der Waals surface area contributed by atoms with E-state index in [2.05, 4.69) is 15.0 Å². The Kier molecular flexibility index (Phi) is 5.76. The average Bonchev–Trinajstić information content (AvgIpc) is 3.39. The lowest BCUT2D eigenvalue weighted by molar-refractivity contribution is 0.102. The Morgan fingerprint density at radius 2 is 2.00 bits per heavy atom. The molecule has 1 amide bonds. The highest BCUT2D eigenvalue weighted by molar-refractivity contribution is 6.06. The van der Waals surface area contributed by atoms with E-state index in [9.17, 15) is 4.79 Å². The Bertz CT molecular complexity index is 1150. The number of rotatable bonds is 8. The summed E-state index contributed by atoms with van der Waals surface area (Å²) in [7, 11) is 3.23. The number of carbonyl (C=O) groups is 1. The van der Waals surface area contributed by atoms with Crippen molar-refractivity contribution >= 4 is 22.6 Å². The zero-order valence-electron chi connectivity index (χ0n) is 16.9. The van der Waals surface area contributed by atoms with Gasteiger partial charge in [-0.15, -0.1) is 0 Å². The van der Waals surface area contributed by atoms with Crippen LogP contribution in [0.25, 0.3) is 11.0 Å². The number of carbonyl (C=O) groups excluding carboxylic acids is 1. The van der Waals surface area contributed by atoms with Crippen LogP contribution >= 0.6 is 0 Å². The number of ether oxygens (including phenoxy) is 2. The minimum absolute atomic E-state index is 0.234. The molecule has 0 fully saturated rings. The number of fused-ring (bicyclic) bond motifs is 1. The van der Waals surface area contributed by atoms with Gasteiger partial charge in [-0.1, -0.05) is 12.1 Å². The molecule has 8 heteroatoms. The maximum absolute atomic E-state index is 12.7. The van der Waals surface area contributed by atoms with Crippen molar-refractivity contribution in [3.05, 3.63) is 72.3 Å². The molecule has 0 atom stereocenters. The van der Waals surface area contributed by atoms with Crippen LogP contribution in [0.15, 0.2) is 60.9 Å². The van der Waals surface area contributed by atoms with Gasteiger partial charge in [-0.05, 0) is 36.4 Å². The maximum atomic E-state index is 12.7. The second kappa shape index (κ2) is 8.79. The first-order valence-electron chi connectivity index (χ1n) is 9.59. The van der Waals surface area contributed by atoms with Gasteiger partial charge in [0.1, 0.15) is 11.6 Å². The summed E-state index contributed by atoms with van der Waals surface area (Å²) in [4.78, 5) is 17.5. The van der Waals surface area contributed by atoms with Gasteiger partial charge in [0.15, 0.2) is 0 Å². The number of methoxy groups -OCH3 is 2. The van der Waals surface area contributed by atoms with E-state index in [0.717, 1.165) is 16.9 Å². The minimum atomic E-state index is -0.234. The van der Waals surface area contributed by atoms with Crippen molar-refractivity contribution in [3.8, 4) is 5.75 Å². The van der Waals surface area contributed by atoms with Crippen molar-refractivity contribution < 1.29 is 14.3 Å². The molecule has 0 saturated carbocycles. The molecule has 0 bridgehead atoms. The average molecular weight is 405 g/mol. The van der Waals surface area contributed by atoms with Gasteiger partial charge < -0.3 is 19.4 Å². The van der Waals surface area contributed by atoms with Gasteiger partial charge >= 0.3 is 0 Å². The molecule has 0 radical (unpaired) electrons. The van der Waals surface area contributed by atoms with E-state index in [1.165, 1.54) is 0 Å². The first-order valence-corrected chi connectivity index (χ1v) is 9.59. The predicted octanol–water partition coefficient (Wildman–Crippen LogP) is 3.19. The number of imidazole rings is 1. The predicted molar refractivity (Wildman–Crippen MR) is 114 cm³/mol. The third-order valence-electron chi connectivity index (χ3n) is 4.82. The molecule has 1 N–H and O–H groups in total. The van der Waals surface area contributed by atoms with E-state index in [4.69, 9.17) is 14.5 Å². The Balaban J connectivity index is 1.64. The topological polar surface area (TPSA) is 83.2 Å². The lowest BCUT2D eigenvalue weighted by Crippen LogP contribution is -2.13. The van der Waals surface area contributed by atoms with Crippen LogP contribution in [0.4, 0.5) is 5.69 Å². The molecule has 8 nitrogen and oxygen atoms in total. The molecule has 0 aliphatic heterocycles. The Morgan fingerprint density at radius 1 is 1.13 bits per heavy atom. The number of hydrogen-bond donors (Lipinski definition) is 1. The van der Waals surface area contributed by atoms with Crippen LogP contribution in [-0.2, 0) is 17.8 Å². The fraction of sp³-hybridized carbons (Fsp3) is 0.227. The van der Waals surface area contributed by atoms with Crippen LogP contribution in [0.3, 0.4) is 0 Å². The van der Waals surface area contributed by atoms with Gasteiger partial charge in [-0.3, -0.25) is 9.48 Å². The molecule has 0 saturated heterocycles. The van der Waals surface area contributed by atoms with Crippen LogP contribution < -0.4 is 10.1 Å². The molecule has 4 rings (SSSR count). The molecule has 2 heterocycles. The molecule has 2 aromatic heterocycles. The SMILES string of the molecule is COCCn1c(Cn2cccn2)nc2cc(NC(=O)c3ccccc3OC)ccc21. The molecule has 0 aliphatic carbocycles. The highest BCUT2D eigenvalue weighted by Crippen LogP contribution is 2.23. The lowest BCUT2D eigenvalue weighted by Gasteiger charge is -2.10. The zero-order valence-corrected chi connectivity index (χ0v) is 16.9. The van der Waals surface area contributed by atoms with Crippen molar-refractivity contribution in [2.45, 2.75) is 13.1 Å². The number of aromatic nitrogens is 4. The summed E-state index contributed by atoms with van der Waals surface area (Å²) in [6.45, 7) is 1.80. The first kappa shape index (κ1) is 19.7. The third-order valence-corrected chi connectivity index (χ3v) is 4.82. The summed E-state index contributed by atoms with van der Waals surface area (Å²) in [5.74, 6) is 1.17. The van der Waals surface area contributed by atoms with Gasteiger partial charge in [0.05, 0.1) is 36.9 Å². The highest BCUT2D eigenvalue weighted by Gasteiger charge is 2.15. The number of nitrogens with zero attached hydrogens (tertiary/aromatic N) is 4. The fourth-order valence-corrected chi connectivity index (χ4v) is 3.38. The van der Waals surface area contributed by atoms with Gasteiger partial charge in [0.2, 0.25) is 0 Å². The van der Waals surface area contributed by atoms with E-state index in [1.54, 1.807) is 38.6 Å². The summed E-state index contributed by atoms with van der Waals surface area (Å²) in [6.07, 6.45) is 3.65. The van der Waals surface area contributed by atoms with E-state index in [-0.39, 0.29) is 5.91 Å². The quantitative estimate of drug-likeness (QED) is 0.487. The van der Waals surface area contributed by atoms with Crippen molar-refractivity contribution in [1.82, 2.24) is 19.3 Å². The normalized spacial score (nSPS) is 11.0. The van der Waals surface area contributed by atoms with Crippen LogP contribution in [0, 0.1) is 0 Å². The third kappa shape index (κ3) is 4.04. The van der Waals surface area contributed by atoms with Crippen LogP contribution in [0.2, 0.25) is 0 Å². The van der Waals surface area contributed by atoms with Crippen LogP contribution in [-0.4, -0.2) is 46.1 Å². The minimum Gasteiger partial charge on any atom is -0.496 e. The number of anilines is 1. The van der Waals surface area contributed by atoms with Gasteiger partial charge in [-0.25, -0.2) is 4.98 Å². The number of hydrogen-bond acceptors (Lipinski definition) is 5. The fourth-order valence-electron chi connectivity index (χ4n) is 3.38. The smallest absolute Gasteiger partial charge is 0.259 e. The molecule has 0 aliphatic rings. The Labute approximate surface area is 174 Å². The molecule has 0 unspecified atom stereocenters. The molecule has 0 spiro atoms. The van der Waals surface area contributed by atoms with E-state index >= 15 is 0 Å². The van der Waals surface area contributed by atoms with Crippen molar-refractivity contribution in [3.63, 3.8) is 0 Å². The van der Waals surface area contributed by atoms with Gasteiger partial charge in [0.25, 0.3) is 5.91 Å². The van der Waals surface area contributed by atoms with Crippen LogP contribution in [0.5, 0.6) is 5.75 Å². The standard InChI is InChI=1S/C22H23N5O3/c1-29-13-12-27-19-9-8-16(24-22(28)17-6-3-4-7-20(17)30-2)14-18(19)25-21(27)15-26-11-5-10-23-26/h3-11,14H,12-13,15H2,1-2H3,(H,24,28). The Hall–Kier alpha value is -3.65. The Morgan fingerprint density at radius 3 is 2.77 bits per heavy atom. The summed E-state index contributed by atoms with van der Waals surface area (Å²) in [6, 6.07) is 14.7. The van der Waals surface area contributed by atoms with Crippen LogP contribution in [0.1, 0.15) is 16.2 Å².